The molecule has 3 rings (SSSR count). The van der Waals surface area contributed by atoms with Crippen LogP contribution in [-0.4, -0.2) is 100 Å². The molecule has 1 saturated heterocycles. The van der Waals surface area contributed by atoms with Gasteiger partial charge in [-0.25, -0.2) is 9.37 Å². The standard InChI is InChI=1S/C17H28N5O4.ClH/c1-20-15-14(16(25)21(2)17(20)26)22(13(10-23)19-15)9-12(24)8-18-11-6-4-3-5-7-11;/h11-12,14,18,23-24H,3-10H2,1-2H3;1H/q+1;. The van der Waals surface area contributed by atoms with Crippen LogP contribution in [0.1, 0.15) is 32.1 Å². The van der Waals surface area contributed by atoms with E-state index >= 15 is 0 Å². The third kappa shape index (κ3) is 4.31. The van der Waals surface area contributed by atoms with Crippen LogP contribution in [0.2, 0.25) is 0 Å². The van der Waals surface area contributed by atoms with E-state index in [4.69, 9.17) is 0 Å². The minimum atomic E-state index is -0.783. The zero-order chi connectivity index (χ0) is 18.8. The second-order valence-electron chi connectivity index (χ2n) is 7.24. The molecule has 0 bridgehead atoms. The molecule has 2 atom stereocenters. The SMILES string of the molecule is CN1C(=O)C2C(=NC(CO)=[N+]2CC(O)CNC2CCCCC2)N(C)C1=O.Cl. The molecule has 2 fully saturated rings. The van der Waals surface area contributed by atoms with Gasteiger partial charge in [0.2, 0.25) is 0 Å². The molecular weight excluding hydrogens is 374 g/mol. The topological polar surface area (TPSA) is 108 Å². The number of aliphatic imine (C=N–C) groups is 1. The van der Waals surface area contributed by atoms with E-state index in [0.717, 1.165) is 17.7 Å². The lowest BCUT2D eigenvalue weighted by molar-refractivity contribution is -0.544. The number of likely N-dealkylation sites (N-methyl/N-ethyl adjacent to an activating group) is 2. The summed E-state index contributed by atoms with van der Waals surface area (Å²) < 4.78 is 1.60. The van der Waals surface area contributed by atoms with E-state index in [1.54, 1.807) is 11.6 Å². The highest BCUT2D eigenvalue weighted by atomic mass is 35.5. The summed E-state index contributed by atoms with van der Waals surface area (Å²) in [5.41, 5.74) is 0. The van der Waals surface area contributed by atoms with Crippen molar-refractivity contribution in [1.29, 1.82) is 0 Å². The highest BCUT2D eigenvalue weighted by molar-refractivity contribution is 6.22. The monoisotopic (exact) mass is 402 g/mol. The zero-order valence-electron chi connectivity index (χ0n) is 15.8. The lowest BCUT2D eigenvalue weighted by Gasteiger charge is -2.31. The van der Waals surface area contributed by atoms with Crippen LogP contribution in [0.15, 0.2) is 4.99 Å². The number of amides is 3. The van der Waals surface area contributed by atoms with Crippen molar-refractivity contribution in [2.24, 2.45) is 4.99 Å². The number of nitrogens with one attached hydrogen (secondary N) is 1. The number of rotatable bonds is 6. The molecule has 0 radical (unpaired) electrons. The van der Waals surface area contributed by atoms with Crippen molar-refractivity contribution in [2.75, 3.05) is 33.8 Å². The van der Waals surface area contributed by atoms with Gasteiger partial charge in [0.25, 0.3) is 17.8 Å². The Kier molecular flexibility index (Phi) is 7.32. The molecule has 3 N–H and O–H groups in total. The highest BCUT2D eigenvalue weighted by Crippen LogP contribution is 2.20. The van der Waals surface area contributed by atoms with Crippen molar-refractivity contribution in [3.63, 3.8) is 0 Å². The van der Waals surface area contributed by atoms with Crippen molar-refractivity contribution in [3.05, 3.63) is 0 Å². The Bertz CT molecular complexity index is 647. The predicted molar refractivity (Wildman–Crippen MR) is 103 cm³/mol. The largest absolute Gasteiger partial charge is 0.388 e. The Morgan fingerprint density at radius 3 is 2.52 bits per heavy atom. The minimum absolute atomic E-state index is 0. The predicted octanol–water partition coefficient (Wildman–Crippen LogP) is -0.601. The Balaban J connectivity index is 0.00000261. The van der Waals surface area contributed by atoms with Crippen molar-refractivity contribution >= 4 is 36.0 Å². The average molecular weight is 403 g/mol. The fourth-order valence-corrected chi connectivity index (χ4v) is 3.89. The molecule has 0 aromatic rings. The maximum Gasteiger partial charge on any atom is 0.333 e. The number of nitrogens with zero attached hydrogens (tertiary/aromatic N) is 4. The van der Waals surface area contributed by atoms with Crippen LogP contribution >= 0.6 is 12.4 Å². The maximum absolute atomic E-state index is 12.6. The molecular formula is C17H29ClN5O4+. The molecule has 152 valence electrons. The summed E-state index contributed by atoms with van der Waals surface area (Å²) in [7, 11) is 2.98. The fraction of sp³-hybridized carbons (Fsp3) is 0.765. The highest BCUT2D eigenvalue weighted by Gasteiger charge is 2.53. The van der Waals surface area contributed by atoms with Gasteiger partial charge in [0, 0.05) is 26.7 Å². The zero-order valence-corrected chi connectivity index (χ0v) is 16.6. The van der Waals surface area contributed by atoms with Crippen LogP contribution in [-0.2, 0) is 4.79 Å². The first-order valence-corrected chi connectivity index (χ1v) is 9.22. The normalized spacial score (nSPS) is 24.7. The van der Waals surface area contributed by atoms with Crippen molar-refractivity contribution in [1.82, 2.24) is 15.1 Å². The summed E-state index contributed by atoms with van der Waals surface area (Å²) in [6.07, 6.45) is 5.22. The molecule has 0 aromatic heterocycles. The van der Waals surface area contributed by atoms with Crippen LogP contribution in [0.4, 0.5) is 4.79 Å². The van der Waals surface area contributed by atoms with Gasteiger partial charge in [-0.05, 0) is 17.8 Å². The van der Waals surface area contributed by atoms with Gasteiger partial charge >= 0.3 is 11.9 Å². The quantitative estimate of drug-likeness (QED) is 0.514. The molecule has 10 heteroatoms. The van der Waals surface area contributed by atoms with E-state index in [2.05, 4.69) is 10.3 Å². The van der Waals surface area contributed by atoms with Gasteiger partial charge in [0.15, 0.2) is 0 Å². The van der Waals surface area contributed by atoms with Crippen molar-refractivity contribution in [3.8, 4) is 0 Å². The van der Waals surface area contributed by atoms with Gasteiger partial charge in [-0.3, -0.25) is 14.6 Å². The van der Waals surface area contributed by atoms with E-state index < -0.39 is 24.1 Å². The molecule has 3 aliphatic rings. The number of β-amino-alcohol motifs (C(OH)–C–C–N with tert-alkyl or cyclic N) is 1. The Morgan fingerprint density at radius 2 is 1.89 bits per heavy atom. The van der Waals surface area contributed by atoms with E-state index in [1.807, 2.05) is 0 Å². The lowest BCUT2D eigenvalue weighted by Crippen LogP contribution is -2.62. The average Bonchev–Trinajstić information content (AvgIpc) is 3.02. The molecule has 2 unspecified atom stereocenters. The number of hydrogen-bond donors (Lipinski definition) is 3. The lowest BCUT2D eigenvalue weighted by atomic mass is 9.95. The number of amidine groups is 2. The number of aliphatic hydroxyl groups excluding tert-OH is 2. The minimum Gasteiger partial charge on any atom is -0.388 e. The van der Waals surface area contributed by atoms with Crippen LogP contribution in [0.25, 0.3) is 0 Å². The molecule has 3 amide bonds. The number of hydrogen-bond acceptors (Lipinski definition) is 6. The van der Waals surface area contributed by atoms with Gasteiger partial charge in [-0.1, -0.05) is 19.3 Å². The van der Waals surface area contributed by atoms with Gasteiger partial charge in [0.05, 0.1) is 0 Å². The van der Waals surface area contributed by atoms with Gasteiger partial charge in [0.1, 0.15) is 19.3 Å². The van der Waals surface area contributed by atoms with E-state index in [1.165, 1.54) is 31.2 Å². The number of aliphatic hydroxyl groups is 2. The van der Waals surface area contributed by atoms with Gasteiger partial charge in [-0.15, -0.1) is 12.4 Å². The number of urea groups is 1. The molecule has 2 heterocycles. The third-order valence-corrected chi connectivity index (χ3v) is 5.41. The molecule has 1 aliphatic carbocycles. The first kappa shape index (κ1) is 21.7. The van der Waals surface area contributed by atoms with E-state index in [0.29, 0.717) is 24.3 Å². The molecule has 0 spiro atoms. The summed E-state index contributed by atoms with van der Waals surface area (Å²) in [6, 6.07) is -0.811. The van der Waals surface area contributed by atoms with Crippen LogP contribution in [0.3, 0.4) is 0 Å². The summed E-state index contributed by atoms with van der Waals surface area (Å²) in [5, 5.41) is 23.5. The molecule has 2 aliphatic heterocycles. The Morgan fingerprint density at radius 1 is 1.22 bits per heavy atom. The van der Waals surface area contributed by atoms with Gasteiger partial charge < -0.3 is 15.5 Å². The second kappa shape index (κ2) is 9.09. The van der Waals surface area contributed by atoms with E-state index in [9.17, 15) is 19.8 Å². The number of carbonyl (C=O) groups excluding carboxylic acids is 2. The summed E-state index contributed by atoms with van der Waals surface area (Å²) in [5.74, 6) is 0.197. The summed E-state index contributed by atoms with van der Waals surface area (Å²) in [6.45, 7) is 0.220. The smallest absolute Gasteiger partial charge is 0.333 e. The Hall–Kier alpha value is -1.55. The van der Waals surface area contributed by atoms with Crippen LogP contribution in [0.5, 0.6) is 0 Å². The maximum atomic E-state index is 12.6. The van der Waals surface area contributed by atoms with Crippen LogP contribution < -0.4 is 5.32 Å². The number of halogens is 1. The van der Waals surface area contributed by atoms with Crippen molar-refractivity contribution < 1.29 is 24.4 Å². The third-order valence-electron chi connectivity index (χ3n) is 5.41. The summed E-state index contributed by atoms with van der Waals surface area (Å²) >= 11 is 0. The Labute approximate surface area is 165 Å². The molecule has 27 heavy (non-hydrogen) atoms. The summed E-state index contributed by atoms with van der Waals surface area (Å²) in [4.78, 5) is 31.3. The number of imide groups is 1. The first-order chi connectivity index (χ1) is 12.4. The van der Waals surface area contributed by atoms with Crippen LogP contribution in [0, 0.1) is 0 Å². The first-order valence-electron chi connectivity index (χ1n) is 9.22. The van der Waals surface area contributed by atoms with Crippen molar-refractivity contribution in [2.45, 2.75) is 50.3 Å². The number of carbonyl (C=O) groups is 2. The molecule has 0 aromatic carbocycles. The number of fused-ring (bicyclic) bond motifs is 1. The fourth-order valence-electron chi connectivity index (χ4n) is 3.89. The molecule has 1 saturated carbocycles. The van der Waals surface area contributed by atoms with Gasteiger partial charge in [-0.2, -0.15) is 0 Å². The molecule has 9 nitrogen and oxygen atoms in total. The second-order valence-corrected chi connectivity index (χ2v) is 7.24. The van der Waals surface area contributed by atoms with E-state index in [-0.39, 0.29) is 25.6 Å².